The van der Waals surface area contributed by atoms with Crippen molar-refractivity contribution in [3.8, 4) is 0 Å². The number of hydrogen-bond donors (Lipinski definition) is 0. The summed E-state index contributed by atoms with van der Waals surface area (Å²) in [5.41, 5.74) is 0.673. The molecule has 2 rings (SSSR count). The van der Waals surface area contributed by atoms with Gasteiger partial charge in [-0.1, -0.05) is 42.5 Å². The molecule has 120 valence electrons. The lowest BCUT2D eigenvalue weighted by Gasteiger charge is -2.20. The highest BCUT2D eigenvalue weighted by Gasteiger charge is 2.23. The van der Waals surface area contributed by atoms with Crippen LogP contribution in [-0.4, -0.2) is 17.5 Å². The summed E-state index contributed by atoms with van der Waals surface area (Å²) in [6.45, 7) is 5.49. The smallest absolute Gasteiger partial charge is 0.339 e. The minimum atomic E-state index is -0.627. The molecule has 0 saturated heterocycles. The van der Waals surface area contributed by atoms with Gasteiger partial charge in [0, 0.05) is 0 Å². The molecule has 0 N–H and O–H groups in total. The number of benzene rings is 2. The standard InChI is InChI=1S/C19H20O4/c1-19(2,3)23-18(21)16-12-8-7-11-15(16)17(20)22-13-14-9-5-4-6-10-14/h4-12H,13H2,1-3H3. The monoisotopic (exact) mass is 312 g/mol. The van der Waals surface area contributed by atoms with Gasteiger partial charge in [0.15, 0.2) is 0 Å². The molecule has 2 aromatic rings. The van der Waals surface area contributed by atoms with E-state index in [0.717, 1.165) is 5.56 Å². The Balaban J connectivity index is 2.13. The summed E-state index contributed by atoms with van der Waals surface area (Å²) in [6.07, 6.45) is 0. The molecule has 0 radical (unpaired) electrons. The van der Waals surface area contributed by atoms with E-state index in [1.54, 1.807) is 45.0 Å². The van der Waals surface area contributed by atoms with Gasteiger partial charge in [0.1, 0.15) is 12.2 Å². The number of rotatable bonds is 4. The highest BCUT2D eigenvalue weighted by atomic mass is 16.6. The summed E-state index contributed by atoms with van der Waals surface area (Å²) in [6, 6.07) is 15.9. The normalized spacial score (nSPS) is 10.9. The van der Waals surface area contributed by atoms with Crippen LogP contribution in [0.3, 0.4) is 0 Å². The van der Waals surface area contributed by atoms with Crippen LogP contribution in [0.2, 0.25) is 0 Å². The fourth-order valence-corrected chi connectivity index (χ4v) is 1.97. The van der Waals surface area contributed by atoms with Crippen LogP contribution < -0.4 is 0 Å². The fraction of sp³-hybridized carbons (Fsp3) is 0.263. The summed E-state index contributed by atoms with van der Waals surface area (Å²) in [5.74, 6) is -1.08. The Hall–Kier alpha value is -2.62. The van der Waals surface area contributed by atoms with Gasteiger partial charge in [-0.25, -0.2) is 9.59 Å². The Kier molecular flexibility index (Phi) is 5.16. The van der Waals surface area contributed by atoms with Crippen molar-refractivity contribution >= 4 is 11.9 Å². The van der Waals surface area contributed by atoms with Gasteiger partial charge in [0.25, 0.3) is 0 Å². The molecule has 23 heavy (non-hydrogen) atoms. The zero-order valence-electron chi connectivity index (χ0n) is 13.5. The summed E-state index contributed by atoms with van der Waals surface area (Å²) in [4.78, 5) is 24.5. The molecule has 0 atom stereocenters. The minimum Gasteiger partial charge on any atom is -0.457 e. The van der Waals surface area contributed by atoms with E-state index in [1.807, 2.05) is 30.3 Å². The first-order chi connectivity index (χ1) is 10.9. The van der Waals surface area contributed by atoms with Crippen molar-refractivity contribution in [1.82, 2.24) is 0 Å². The maximum absolute atomic E-state index is 12.3. The van der Waals surface area contributed by atoms with Crippen LogP contribution in [-0.2, 0) is 16.1 Å². The predicted octanol–water partition coefficient (Wildman–Crippen LogP) is 4.00. The molecule has 2 aromatic carbocycles. The second kappa shape index (κ2) is 7.09. The molecule has 0 bridgehead atoms. The largest absolute Gasteiger partial charge is 0.457 e. The molecule has 0 aliphatic rings. The van der Waals surface area contributed by atoms with E-state index < -0.39 is 17.5 Å². The van der Waals surface area contributed by atoms with Crippen LogP contribution in [0.15, 0.2) is 54.6 Å². The van der Waals surface area contributed by atoms with Crippen LogP contribution in [0, 0.1) is 0 Å². The molecule has 0 saturated carbocycles. The Labute approximate surface area is 136 Å². The van der Waals surface area contributed by atoms with Crippen molar-refractivity contribution in [2.45, 2.75) is 33.0 Å². The first-order valence-corrected chi connectivity index (χ1v) is 7.40. The van der Waals surface area contributed by atoms with Gasteiger partial charge >= 0.3 is 11.9 Å². The quantitative estimate of drug-likeness (QED) is 0.801. The molecule has 0 aliphatic carbocycles. The van der Waals surface area contributed by atoms with Gasteiger partial charge in [0.2, 0.25) is 0 Å². The molecule has 0 aliphatic heterocycles. The van der Waals surface area contributed by atoms with Crippen LogP contribution >= 0.6 is 0 Å². The summed E-state index contributed by atoms with van der Waals surface area (Å²) in [7, 11) is 0. The van der Waals surface area contributed by atoms with Gasteiger partial charge < -0.3 is 9.47 Å². The van der Waals surface area contributed by atoms with E-state index in [1.165, 1.54) is 0 Å². The lowest BCUT2D eigenvalue weighted by atomic mass is 10.1. The van der Waals surface area contributed by atoms with Crippen molar-refractivity contribution < 1.29 is 19.1 Å². The van der Waals surface area contributed by atoms with Gasteiger partial charge in [-0.2, -0.15) is 0 Å². The maximum atomic E-state index is 12.3. The number of carbonyl (C=O) groups is 2. The summed E-state index contributed by atoms with van der Waals surface area (Å²) in [5, 5.41) is 0. The third-order valence-corrected chi connectivity index (χ3v) is 2.98. The zero-order chi connectivity index (χ0) is 16.9. The summed E-state index contributed by atoms with van der Waals surface area (Å²) >= 11 is 0. The van der Waals surface area contributed by atoms with Gasteiger partial charge in [-0.3, -0.25) is 0 Å². The average Bonchev–Trinajstić information content (AvgIpc) is 2.52. The molecular weight excluding hydrogens is 292 g/mol. The lowest BCUT2D eigenvalue weighted by molar-refractivity contribution is 0.00637. The highest BCUT2D eigenvalue weighted by Crippen LogP contribution is 2.17. The van der Waals surface area contributed by atoms with Gasteiger partial charge in [0.05, 0.1) is 11.1 Å². The van der Waals surface area contributed by atoms with Gasteiger partial charge in [-0.05, 0) is 38.5 Å². The molecule has 4 nitrogen and oxygen atoms in total. The second-order valence-electron chi connectivity index (χ2n) is 6.11. The van der Waals surface area contributed by atoms with Gasteiger partial charge in [-0.15, -0.1) is 0 Å². The zero-order valence-corrected chi connectivity index (χ0v) is 13.5. The van der Waals surface area contributed by atoms with E-state index in [9.17, 15) is 9.59 Å². The fourth-order valence-electron chi connectivity index (χ4n) is 1.97. The van der Waals surface area contributed by atoms with Crippen LogP contribution in [0.1, 0.15) is 47.1 Å². The number of esters is 2. The van der Waals surface area contributed by atoms with Crippen molar-refractivity contribution in [1.29, 1.82) is 0 Å². The SMILES string of the molecule is CC(C)(C)OC(=O)c1ccccc1C(=O)OCc1ccccc1. The predicted molar refractivity (Wildman–Crippen MR) is 87.2 cm³/mol. The third-order valence-electron chi connectivity index (χ3n) is 2.98. The molecule has 4 heteroatoms. The van der Waals surface area contributed by atoms with E-state index in [2.05, 4.69) is 0 Å². The van der Waals surface area contributed by atoms with Crippen molar-refractivity contribution in [2.75, 3.05) is 0 Å². The van der Waals surface area contributed by atoms with Crippen molar-refractivity contribution in [2.24, 2.45) is 0 Å². The highest BCUT2D eigenvalue weighted by molar-refractivity contribution is 6.03. The number of carbonyl (C=O) groups excluding carboxylic acids is 2. The molecule has 0 heterocycles. The van der Waals surface area contributed by atoms with Crippen LogP contribution in [0.4, 0.5) is 0 Å². The maximum Gasteiger partial charge on any atom is 0.339 e. The number of hydrogen-bond acceptors (Lipinski definition) is 4. The first kappa shape index (κ1) is 16.7. The first-order valence-electron chi connectivity index (χ1n) is 7.40. The Morgan fingerprint density at radius 3 is 1.91 bits per heavy atom. The van der Waals surface area contributed by atoms with E-state index >= 15 is 0 Å². The van der Waals surface area contributed by atoms with Crippen LogP contribution in [0.25, 0.3) is 0 Å². The molecule has 0 unspecified atom stereocenters. The second-order valence-corrected chi connectivity index (χ2v) is 6.11. The Bertz CT molecular complexity index is 684. The minimum absolute atomic E-state index is 0.155. The van der Waals surface area contributed by atoms with Crippen molar-refractivity contribution in [3.63, 3.8) is 0 Å². The molecule has 0 spiro atoms. The average molecular weight is 312 g/mol. The van der Waals surface area contributed by atoms with E-state index in [-0.39, 0.29) is 17.7 Å². The molecule has 0 fully saturated rings. The number of ether oxygens (including phenoxy) is 2. The van der Waals surface area contributed by atoms with Crippen molar-refractivity contribution in [3.05, 3.63) is 71.3 Å². The molecule has 0 aromatic heterocycles. The Morgan fingerprint density at radius 2 is 1.35 bits per heavy atom. The topological polar surface area (TPSA) is 52.6 Å². The summed E-state index contributed by atoms with van der Waals surface area (Å²) < 4.78 is 10.6. The molecular formula is C19H20O4. The van der Waals surface area contributed by atoms with E-state index in [0.29, 0.717) is 0 Å². The Morgan fingerprint density at radius 1 is 0.826 bits per heavy atom. The van der Waals surface area contributed by atoms with Crippen LogP contribution in [0.5, 0.6) is 0 Å². The molecule has 0 amide bonds. The lowest BCUT2D eigenvalue weighted by Crippen LogP contribution is -2.25. The third kappa shape index (κ3) is 4.95. The van der Waals surface area contributed by atoms with E-state index in [4.69, 9.17) is 9.47 Å².